The molecule has 2 unspecified atom stereocenters. The van der Waals surface area contributed by atoms with E-state index < -0.39 is 10.8 Å². The van der Waals surface area contributed by atoms with Gasteiger partial charge in [-0.25, -0.2) is 0 Å². The number of nitrogens with zero attached hydrogens (tertiary/aromatic N) is 2. The molecule has 498 valence electrons. The molecule has 15 aromatic carbocycles. The van der Waals surface area contributed by atoms with Crippen LogP contribution in [0.2, 0.25) is 0 Å². The zero-order valence-electron chi connectivity index (χ0n) is 58.8. The van der Waals surface area contributed by atoms with E-state index in [0.29, 0.717) is 0 Å². The van der Waals surface area contributed by atoms with Crippen LogP contribution >= 0.6 is 0 Å². The number of hydrogen-bond donors (Lipinski definition) is 0. The Morgan fingerprint density at radius 1 is 0.250 bits per heavy atom. The lowest BCUT2D eigenvalue weighted by Gasteiger charge is -2.35. The Hall–Kier alpha value is -13.0. The first-order valence-electron chi connectivity index (χ1n) is 35.7. The van der Waals surface area contributed by atoms with E-state index in [2.05, 4.69) is 354 Å². The van der Waals surface area contributed by atoms with Crippen molar-refractivity contribution in [2.45, 2.75) is 38.5 Å². The Bertz CT molecular complexity index is 5350. The summed E-state index contributed by atoms with van der Waals surface area (Å²) in [6.45, 7) is 16.7. The molecule has 0 bridgehead atoms. The van der Waals surface area contributed by atoms with Gasteiger partial charge in [-0.05, 0) is 260 Å². The number of hydrogen-bond acceptors (Lipinski definition) is 4. The molecule has 0 radical (unpaired) electrons. The molecule has 4 nitrogen and oxygen atoms in total. The Morgan fingerprint density at radius 3 is 0.875 bits per heavy atom. The summed E-state index contributed by atoms with van der Waals surface area (Å²) < 4.78 is 12.9. The number of ether oxygens (including phenoxy) is 2. The van der Waals surface area contributed by atoms with E-state index in [9.17, 15) is 0 Å². The van der Waals surface area contributed by atoms with Crippen LogP contribution in [0.5, 0.6) is 23.0 Å². The number of para-hydroxylation sites is 2. The maximum Gasteiger partial charge on any atom is 0.127 e. The third-order valence-electron chi connectivity index (χ3n) is 21.3. The second kappa shape index (κ2) is 26.8. The van der Waals surface area contributed by atoms with E-state index >= 15 is 0 Å². The van der Waals surface area contributed by atoms with E-state index in [1.165, 1.54) is 89.0 Å². The van der Waals surface area contributed by atoms with E-state index in [-0.39, 0.29) is 0 Å². The highest BCUT2D eigenvalue weighted by atomic mass is 16.5. The molecule has 0 N–H and O–H groups in total. The molecule has 2 aliphatic carbocycles. The molecule has 17 rings (SSSR count). The van der Waals surface area contributed by atoms with Gasteiger partial charge in [-0.2, -0.15) is 0 Å². The number of rotatable bonds is 18. The zero-order valence-corrected chi connectivity index (χ0v) is 58.8. The summed E-state index contributed by atoms with van der Waals surface area (Å²) in [5.41, 5.74) is 31.3. The van der Waals surface area contributed by atoms with Crippen molar-refractivity contribution < 1.29 is 9.47 Å². The van der Waals surface area contributed by atoms with Crippen LogP contribution < -0.4 is 19.3 Å². The minimum absolute atomic E-state index is 0.641. The molecule has 0 aromatic heterocycles. The molecule has 0 fully saturated rings. The molecule has 0 heterocycles. The molecule has 0 aliphatic heterocycles. The molecular weight excluding hydrogens is 1260 g/mol. The predicted molar refractivity (Wildman–Crippen MR) is 433 cm³/mol. The van der Waals surface area contributed by atoms with Crippen LogP contribution in [-0.2, 0) is 10.8 Å². The highest BCUT2D eigenvalue weighted by Crippen LogP contribution is 2.60. The summed E-state index contributed by atoms with van der Waals surface area (Å²) in [5, 5.41) is 0. The molecule has 0 saturated carbocycles. The van der Waals surface area contributed by atoms with Crippen LogP contribution in [0.1, 0.15) is 77.9 Å². The Labute approximate surface area is 610 Å². The molecule has 0 amide bonds. The van der Waals surface area contributed by atoms with Crippen molar-refractivity contribution in [2.24, 2.45) is 0 Å². The lowest BCUT2D eigenvalue weighted by atomic mass is 9.67. The molecule has 104 heavy (non-hydrogen) atoms. The summed E-state index contributed by atoms with van der Waals surface area (Å²) in [6, 6.07) is 128. The van der Waals surface area contributed by atoms with Crippen LogP contribution in [0.15, 0.2) is 365 Å². The Kier molecular flexibility index (Phi) is 16.6. The number of benzene rings is 15. The fourth-order valence-electron chi connectivity index (χ4n) is 16.3. The van der Waals surface area contributed by atoms with Crippen molar-refractivity contribution in [3.8, 4) is 67.5 Å². The quantitative estimate of drug-likeness (QED) is 0.0855. The first-order valence-corrected chi connectivity index (χ1v) is 35.7. The summed E-state index contributed by atoms with van der Waals surface area (Å²) in [4.78, 5) is 4.82. The summed E-state index contributed by atoms with van der Waals surface area (Å²) >= 11 is 0. The van der Waals surface area contributed by atoms with Crippen molar-refractivity contribution in [1.29, 1.82) is 0 Å². The normalized spacial score (nSPS) is 14.5. The molecule has 15 aromatic rings. The summed E-state index contributed by atoms with van der Waals surface area (Å²) in [6.07, 6.45) is 3.69. The number of anilines is 6. The molecule has 2 atom stereocenters. The topological polar surface area (TPSA) is 24.9 Å². The average Bonchev–Trinajstić information content (AvgIpc) is 1.54. The van der Waals surface area contributed by atoms with Crippen LogP contribution in [0.25, 0.3) is 56.7 Å². The van der Waals surface area contributed by atoms with Gasteiger partial charge in [-0.15, -0.1) is 0 Å². The molecule has 0 saturated heterocycles. The van der Waals surface area contributed by atoms with Gasteiger partial charge < -0.3 is 19.3 Å². The van der Waals surface area contributed by atoms with Crippen molar-refractivity contribution in [1.82, 2.24) is 0 Å². The Balaban J connectivity index is 0.695. The number of aryl methyl sites for hydroxylation is 4. The lowest BCUT2D eigenvalue weighted by molar-refractivity contribution is 0.482. The summed E-state index contributed by atoms with van der Waals surface area (Å²) in [7, 11) is 0. The highest BCUT2D eigenvalue weighted by molar-refractivity contribution is 5.92. The van der Waals surface area contributed by atoms with Crippen LogP contribution in [-0.4, -0.2) is 0 Å². The van der Waals surface area contributed by atoms with Crippen molar-refractivity contribution in [3.63, 3.8) is 0 Å². The van der Waals surface area contributed by atoms with Gasteiger partial charge in [0.1, 0.15) is 23.0 Å². The van der Waals surface area contributed by atoms with Gasteiger partial charge in [0.15, 0.2) is 0 Å². The standard InChI is InChI=1S/C100H76N2O2/c1-7-71-31-51-85(52-32-71)103-87-55-43-77(44-56-87)99(75-39-27-67(3)28-40-75)95-25-17-15-23-91(95)93-61-49-83(65-97(93)99)101(79-19-11-9-12-20-79)81-47-59-89(69(5)63-81)73-35-37-74(38-36-73)90-60-48-82(64-70(90)6)102(80-21-13-10-14-22-80)84-50-62-94-92-24-16-18-26-96(92)100(98(94)66-84,76-41-29-68(4)30-42-76)78-45-57-88(58-46-78)104-86-53-33-72(8-2)34-54-86/h7-66H,1-2H2,3-6H3. The minimum Gasteiger partial charge on any atom is -0.457 e. The zero-order chi connectivity index (χ0) is 70.5. The SMILES string of the molecule is C=Cc1ccc(Oc2ccc(C3(c4ccc(C)cc4)c4ccccc4-c4ccc(N(c5ccccc5)c5ccc(-c6ccc(-c7ccc(N(c8ccccc8)c8ccc9c(c8)C(c8ccc(C)cc8)(c8ccc(Oc%10ccc(C=C)cc%10)cc8)c8ccccc8-9)cc7C)cc6)c(C)c5)cc43)cc2)cc1. The molecule has 4 heteroatoms. The van der Waals surface area contributed by atoms with Crippen LogP contribution in [0, 0.1) is 27.7 Å². The largest absolute Gasteiger partial charge is 0.457 e. The van der Waals surface area contributed by atoms with E-state index in [0.717, 1.165) is 90.5 Å². The second-order valence-corrected chi connectivity index (χ2v) is 27.5. The van der Waals surface area contributed by atoms with Gasteiger partial charge in [0.2, 0.25) is 0 Å². The fraction of sp³-hybridized carbons (Fsp3) is 0.0600. The van der Waals surface area contributed by atoms with Crippen LogP contribution in [0.3, 0.4) is 0 Å². The van der Waals surface area contributed by atoms with E-state index in [1.807, 2.05) is 60.7 Å². The highest BCUT2D eigenvalue weighted by Gasteiger charge is 2.48. The van der Waals surface area contributed by atoms with Gasteiger partial charge in [0.05, 0.1) is 10.8 Å². The van der Waals surface area contributed by atoms with Gasteiger partial charge in [-0.3, -0.25) is 0 Å². The predicted octanol–water partition coefficient (Wildman–Crippen LogP) is 26.8. The van der Waals surface area contributed by atoms with Gasteiger partial charge in [0, 0.05) is 34.1 Å². The third kappa shape index (κ3) is 11.3. The molecular formula is C100H76N2O2. The van der Waals surface area contributed by atoms with E-state index in [4.69, 9.17) is 9.47 Å². The van der Waals surface area contributed by atoms with E-state index in [1.54, 1.807) is 0 Å². The second-order valence-electron chi connectivity index (χ2n) is 27.5. The average molecular weight is 1340 g/mol. The van der Waals surface area contributed by atoms with Gasteiger partial charge in [0.25, 0.3) is 0 Å². The minimum atomic E-state index is -0.641. The van der Waals surface area contributed by atoms with Crippen molar-refractivity contribution >= 4 is 46.3 Å². The number of fused-ring (bicyclic) bond motifs is 6. The third-order valence-corrected chi connectivity index (χ3v) is 21.3. The Morgan fingerprint density at radius 2 is 0.538 bits per heavy atom. The van der Waals surface area contributed by atoms with Crippen molar-refractivity contribution in [3.05, 3.63) is 443 Å². The van der Waals surface area contributed by atoms with Crippen molar-refractivity contribution in [2.75, 3.05) is 9.80 Å². The van der Waals surface area contributed by atoms with Crippen LogP contribution in [0.4, 0.5) is 34.1 Å². The van der Waals surface area contributed by atoms with Gasteiger partial charge in [-0.1, -0.05) is 267 Å². The molecule has 0 spiro atoms. The fourth-order valence-corrected chi connectivity index (χ4v) is 16.3. The first-order chi connectivity index (χ1) is 51.0. The van der Waals surface area contributed by atoms with Gasteiger partial charge >= 0.3 is 0 Å². The first kappa shape index (κ1) is 64.4. The summed E-state index contributed by atoms with van der Waals surface area (Å²) in [5.74, 6) is 3.11. The smallest absolute Gasteiger partial charge is 0.127 e. The molecule has 2 aliphatic rings. The maximum atomic E-state index is 6.45. The lowest BCUT2D eigenvalue weighted by Crippen LogP contribution is -2.28. The monoisotopic (exact) mass is 1340 g/mol. The maximum absolute atomic E-state index is 6.45.